The number of hydrogen-bond acceptors (Lipinski definition) is 8. The number of benzene rings is 1. The maximum Gasteiger partial charge on any atom is 0.281 e. The zero-order chi connectivity index (χ0) is 30.6. The van der Waals surface area contributed by atoms with E-state index in [1.165, 1.54) is 11.9 Å². The number of aryl methyl sites for hydroxylation is 2. The van der Waals surface area contributed by atoms with Crippen LogP contribution in [0.2, 0.25) is 5.15 Å². The van der Waals surface area contributed by atoms with Gasteiger partial charge in [0.15, 0.2) is 5.69 Å². The highest BCUT2D eigenvalue weighted by molar-refractivity contribution is 7.97. The third kappa shape index (κ3) is 6.90. The fourth-order valence-electron chi connectivity index (χ4n) is 5.27. The van der Waals surface area contributed by atoms with Crippen molar-refractivity contribution >= 4 is 52.0 Å². The summed E-state index contributed by atoms with van der Waals surface area (Å²) in [6, 6.07) is 8.95. The van der Waals surface area contributed by atoms with E-state index >= 15 is 0 Å². The molecule has 1 atom stereocenters. The van der Waals surface area contributed by atoms with Gasteiger partial charge < -0.3 is 10.2 Å². The van der Waals surface area contributed by atoms with E-state index in [9.17, 15) is 9.59 Å². The Bertz CT molecular complexity index is 1620. The van der Waals surface area contributed by atoms with Crippen LogP contribution in [-0.2, 0) is 14.1 Å². The van der Waals surface area contributed by atoms with Gasteiger partial charge in [-0.2, -0.15) is 5.10 Å². The van der Waals surface area contributed by atoms with Gasteiger partial charge in [0.2, 0.25) is 5.95 Å². The minimum atomic E-state index is -0.338. The molecule has 1 aromatic carbocycles. The maximum atomic E-state index is 13.5. The summed E-state index contributed by atoms with van der Waals surface area (Å²) in [5.41, 5.74) is 3.11. The fraction of sp³-hybridized carbons (Fsp3) is 0.433. The first-order valence-corrected chi connectivity index (χ1v) is 15.5. The molecule has 0 saturated carbocycles. The Morgan fingerprint density at radius 3 is 2.55 bits per heavy atom. The number of nitrogens with one attached hydrogen (secondary N) is 2. The highest BCUT2D eigenvalue weighted by atomic mass is 35.5. The van der Waals surface area contributed by atoms with E-state index in [-0.39, 0.29) is 33.9 Å². The normalized spacial score (nSPS) is 15.1. The van der Waals surface area contributed by atoms with Crippen molar-refractivity contribution in [2.75, 3.05) is 23.0 Å². The average Bonchev–Trinajstić information content (AvgIpc) is 3.43. The second kappa shape index (κ2) is 13.2. The summed E-state index contributed by atoms with van der Waals surface area (Å²) in [4.78, 5) is 37.7. The highest BCUT2D eigenvalue weighted by Gasteiger charge is 2.33. The smallest absolute Gasteiger partial charge is 0.281 e. The Morgan fingerprint density at radius 1 is 1.17 bits per heavy atom. The molecule has 4 aromatic rings. The zero-order valence-corrected chi connectivity index (χ0v) is 26.8. The summed E-state index contributed by atoms with van der Waals surface area (Å²) in [5.74, 6) is 0.345. The van der Waals surface area contributed by atoms with Gasteiger partial charge in [-0.05, 0) is 76.8 Å². The van der Waals surface area contributed by atoms with Crippen molar-refractivity contribution < 1.29 is 4.79 Å². The van der Waals surface area contributed by atoms with Crippen LogP contribution >= 0.6 is 23.5 Å². The molecule has 224 valence electrons. The van der Waals surface area contributed by atoms with Crippen molar-refractivity contribution in [1.29, 1.82) is 0 Å². The lowest BCUT2D eigenvalue weighted by Gasteiger charge is -2.43. The lowest BCUT2D eigenvalue weighted by Crippen LogP contribution is -2.50. The number of hydrogen-bond donors (Lipinski definition) is 2. The van der Waals surface area contributed by atoms with Gasteiger partial charge in [0.05, 0.1) is 22.6 Å². The molecule has 0 spiro atoms. The second-order valence-electron chi connectivity index (χ2n) is 11.2. The number of rotatable bonds is 6. The van der Waals surface area contributed by atoms with E-state index < -0.39 is 0 Å². The molecule has 1 aliphatic heterocycles. The van der Waals surface area contributed by atoms with Crippen molar-refractivity contribution in [2.24, 2.45) is 14.1 Å². The molecule has 0 radical (unpaired) electrons. The molecule has 0 bridgehead atoms. The number of anilines is 2. The average molecular weight is 611 g/mol. The summed E-state index contributed by atoms with van der Waals surface area (Å²) in [7, 11) is 3.69. The second-order valence-corrected chi connectivity index (χ2v) is 12.2. The molecule has 1 aliphatic rings. The van der Waals surface area contributed by atoms with E-state index in [1.807, 2.05) is 45.3 Å². The molecule has 1 unspecified atom stereocenters. The van der Waals surface area contributed by atoms with Crippen molar-refractivity contribution in [2.45, 2.75) is 58.5 Å². The highest BCUT2D eigenvalue weighted by Crippen LogP contribution is 2.33. The summed E-state index contributed by atoms with van der Waals surface area (Å²) in [6.07, 6.45) is 8.69. The van der Waals surface area contributed by atoms with Crippen LogP contribution in [0, 0.1) is 6.92 Å². The predicted molar refractivity (Wildman–Crippen MR) is 172 cm³/mol. The molecule has 2 N–H and O–H groups in total. The SMILES string of the molecule is CSNC(=O)c1nc(Cl)ccc1NC(C)c1cc(C)cc2c(=O)n(C)c(N3CCCCC3(C)C)nc12.Cn1cccn1. The number of piperidine rings is 1. The lowest BCUT2D eigenvalue weighted by atomic mass is 9.91. The molecule has 1 saturated heterocycles. The monoisotopic (exact) mass is 610 g/mol. The molecule has 12 heteroatoms. The van der Waals surface area contributed by atoms with Gasteiger partial charge in [0.25, 0.3) is 11.5 Å². The molecule has 0 aliphatic carbocycles. The molecule has 1 fully saturated rings. The number of aromatic nitrogens is 5. The fourth-order valence-corrected chi connectivity index (χ4v) is 5.70. The third-order valence-corrected chi connectivity index (χ3v) is 8.07. The third-order valence-electron chi connectivity index (χ3n) is 7.47. The summed E-state index contributed by atoms with van der Waals surface area (Å²) < 4.78 is 6.12. The van der Waals surface area contributed by atoms with Gasteiger partial charge in [-0.25, -0.2) is 9.97 Å². The van der Waals surface area contributed by atoms with Crippen LogP contribution in [0.5, 0.6) is 0 Å². The number of halogens is 1. The van der Waals surface area contributed by atoms with Crippen LogP contribution in [0.25, 0.3) is 10.9 Å². The van der Waals surface area contributed by atoms with Crippen LogP contribution in [0.1, 0.15) is 67.7 Å². The minimum Gasteiger partial charge on any atom is -0.377 e. The molecule has 10 nitrogen and oxygen atoms in total. The first-order valence-electron chi connectivity index (χ1n) is 13.9. The van der Waals surface area contributed by atoms with Gasteiger partial charge in [0.1, 0.15) is 5.15 Å². The number of nitrogens with zero attached hydrogens (tertiary/aromatic N) is 6. The van der Waals surface area contributed by atoms with E-state index in [0.29, 0.717) is 22.5 Å². The zero-order valence-electron chi connectivity index (χ0n) is 25.2. The predicted octanol–water partition coefficient (Wildman–Crippen LogP) is 5.66. The standard InChI is InChI=1S/C26H33ClN6O2S.C4H6N2/c1-15-13-17(16(2)28-19-9-10-20(27)29-22(19)23(34)31-36-6)21-18(14-15)24(35)32(5)25(30-21)33-12-8-7-11-26(33,3)4;1-6-4-2-3-5-6/h9-10,13-14,16,28H,7-8,11-12H2,1-6H3,(H,31,34);2-4H,1H3. The van der Waals surface area contributed by atoms with Crippen molar-refractivity contribution in [3.63, 3.8) is 0 Å². The van der Waals surface area contributed by atoms with Crippen molar-refractivity contribution in [3.8, 4) is 0 Å². The molecule has 1 amide bonds. The number of amides is 1. The van der Waals surface area contributed by atoms with Crippen LogP contribution in [0.15, 0.2) is 47.5 Å². The van der Waals surface area contributed by atoms with Crippen LogP contribution in [0.4, 0.5) is 11.6 Å². The number of pyridine rings is 1. The number of carbonyl (C=O) groups is 1. The minimum absolute atomic E-state index is 0.0679. The molecule has 5 rings (SSSR count). The van der Waals surface area contributed by atoms with E-state index in [1.54, 1.807) is 40.9 Å². The Hall–Kier alpha value is -3.57. The number of fused-ring (bicyclic) bond motifs is 1. The summed E-state index contributed by atoms with van der Waals surface area (Å²) >= 11 is 7.28. The van der Waals surface area contributed by atoms with E-state index in [0.717, 1.165) is 36.9 Å². The van der Waals surface area contributed by atoms with Gasteiger partial charge in [-0.1, -0.05) is 29.6 Å². The molecule has 4 heterocycles. The van der Waals surface area contributed by atoms with Gasteiger partial charge in [0, 0.05) is 50.4 Å². The molecule has 42 heavy (non-hydrogen) atoms. The lowest BCUT2D eigenvalue weighted by molar-refractivity contribution is 0.0980. The van der Waals surface area contributed by atoms with Crippen molar-refractivity contribution in [1.82, 2.24) is 29.0 Å². The van der Waals surface area contributed by atoms with Crippen LogP contribution in [-0.4, -0.2) is 48.6 Å². The van der Waals surface area contributed by atoms with E-state index in [4.69, 9.17) is 16.6 Å². The number of carbonyl (C=O) groups excluding carboxylic acids is 1. The van der Waals surface area contributed by atoms with Crippen LogP contribution in [0.3, 0.4) is 0 Å². The Labute approximate surface area is 256 Å². The Kier molecular flexibility index (Phi) is 9.83. The van der Waals surface area contributed by atoms with Crippen LogP contribution < -0.4 is 20.5 Å². The molecular formula is C30H39ClN8O2S. The Balaban J connectivity index is 0.000000600. The first-order chi connectivity index (χ1) is 19.9. The first kappa shape index (κ1) is 31.4. The van der Waals surface area contributed by atoms with Crippen molar-refractivity contribution in [3.05, 3.63) is 75.1 Å². The van der Waals surface area contributed by atoms with Gasteiger partial charge >= 0.3 is 0 Å². The summed E-state index contributed by atoms with van der Waals surface area (Å²) in [6.45, 7) is 9.23. The quantitative estimate of drug-likeness (QED) is 0.213. The Morgan fingerprint density at radius 2 is 1.93 bits per heavy atom. The molecular weight excluding hydrogens is 572 g/mol. The largest absolute Gasteiger partial charge is 0.377 e. The summed E-state index contributed by atoms with van der Waals surface area (Å²) in [5, 5.41) is 8.06. The molecule has 3 aromatic heterocycles. The topological polar surface area (TPSA) is 110 Å². The maximum absolute atomic E-state index is 13.5. The van der Waals surface area contributed by atoms with Gasteiger partial charge in [-0.3, -0.25) is 23.6 Å². The van der Waals surface area contributed by atoms with Gasteiger partial charge in [-0.15, -0.1) is 0 Å². The van der Waals surface area contributed by atoms with E-state index in [2.05, 4.69) is 38.9 Å².